The van der Waals surface area contributed by atoms with Gasteiger partial charge in [-0.05, 0) is 11.6 Å². The summed E-state index contributed by atoms with van der Waals surface area (Å²) in [5.41, 5.74) is 6.78. The molecule has 3 heteroatoms. The molecule has 0 unspecified atom stereocenters. The van der Waals surface area contributed by atoms with Crippen molar-refractivity contribution in [2.24, 2.45) is 0 Å². The molecule has 2 N–H and O–H groups in total. The van der Waals surface area contributed by atoms with Crippen molar-refractivity contribution >= 4 is 35.0 Å². The van der Waals surface area contributed by atoms with E-state index >= 15 is 0 Å². The third kappa shape index (κ3) is 1.50. The number of hydrogen-bond donors (Lipinski definition) is 1. The van der Waals surface area contributed by atoms with Crippen LogP contribution in [0.15, 0.2) is 18.7 Å². The summed E-state index contributed by atoms with van der Waals surface area (Å²) in [7, 11) is 0. The predicted octanol–water partition coefficient (Wildman–Crippen LogP) is 3.22. The number of nitrogens with two attached hydrogens (primary N) is 1. The Morgan fingerprint density at radius 1 is 1.27 bits per heavy atom. The average molecular weight is 188 g/mol. The molecule has 1 aromatic rings. The molecule has 0 aromatic heterocycles. The first-order chi connectivity index (χ1) is 5.16. The zero-order valence-electron chi connectivity index (χ0n) is 5.77. The van der Waals surface area contributed by atoms with E-state index in [1.807, 2.05) is 0 Å². The van der Waals surface area contributed by atoms with Crippen molar-refractivity contribution in [3.05, 3.63) is 34.3 Å². The van der Waals surface area contributed by atoms with Crippen molar-refractivity contribution in [3.8, 4) is 0 Å². The summed E-state index contributed by atoms with van der Waals surface area (Å²) in [4.78, 5) is 0. The molecule has 11 heavy (non-hydrogen) atoms. The Morgan fingerprint density at radius 2 is 1.91 bits per heavy atom. The normalized spacial score (nSPS) is 9.64. The van der Waals surface area contributed by atoms with Crippen molar-refractivity contribution < 1.29 is 0 Å². The van der Waals surface area contributed by atoms with Gasteiger partial charge in [0.1, 0.15) is 0 Å². The Balaban J connectivity index is 3.36. The van der Waals surface area contributed by atoms with Crippen LogP contribution in [0.2, 0.25) is 10.0 Å². The van der Waals surface area contributed by atoms with Gasteiger partial charge < -0.3 is 5.73 Å². The highest BCUT2D eigenvalue weighted by Crippen LogP contribution is 2.31. The van der Waals surface area contributed by atoms with Gasteiger partial charge in [0, 0.05) is 0 Å². The van der Waals surface area contributed by atoms with Gasteiger partial charge >= 0.3 is 0 Å². The topological polar surface area (TPSA) is 26.0 Å². The van der Waals surface area contributed by atoms with Crippen LogP contribution < -0.4 is 5.73 Å². The molecule has 0 bridgehead atoms. The van der Waals surface area contributed by atoms with Crippen LogP contribution in [0, 0.1) is 0 Å². The summed E-state index contributed by atoms with van der Waals surface area (Å²) in [6.45, 7) is 3.58. The number of halogens is 2. The van der Waals surface area contributed by atoms with Gasteiger partial charge in [-0.2, -0.15) is 0 Å². The molecule has 0 aliphatic heterocycles. The van der Waals surface area contributed by atoms with E-state index in [1.165, 1.54) is 0 Å². The summed E-state index contributed by atoms with van der Waals surface area (Å²) in [6.07, 6.45) is 1.63. The van der Waals surface area contributed by atoms with E-state index in [1.54, 1.807) is 18.2 Å². The second kappa shape index (κ2) is 3.16. The van der Waals surface area contributed by atoms with Crippen LogP contribution >= 0.6 is 23.2 Å². The first-order valence-corrected chi connectivity index (χ1v) is 3.78. The summed E-state index contributed by atoms with van der Waals surface area (Å²) in [6, 6.07) is 3.47. The Labute approximate surface area is 75.4 Å². The number of benzene rings is 1. The average Bonchev–Trinajstić information content (AvgIpc) is 2.01. The molecule has 0 amide bonds. The van der Waals surface area contributed by atoms with E-state index in [2.05, 4.69) is 6.58 Å². The molecule has 0 radical (unpaired) electrons. The molecule has 0 spiro atoms. The SMILES string of the molecule is C=Cc1ccc(N)c(Cl)c1Cl. The maximum Gasteiger partial charge on any atom is 0.0827 e. The van der Waals surface area contributed by atoms with Gasteiger partial charge in [-0.25, -0.2) is 0 Å². The Morgan fingerprint density at radius 3 is 2.45 bits per heavy atom. The van der Waals surface area contributed by atoms with Gasteiger partial charge in [0.05, 0.1) is 15.7 Å². The number of nitrogen functional groups attached to an aromatic ring is 1. The monoisotopic (exact) mass is 187 g/mol. The van der Waals surface area contributed by atoms with Crippen LogP contribution in [-0.2, 0) is 0 Å². The van der Waals surface area contributed by atoms with E-state index in [9.17, 15) is 0 Å². The van der Waals surface area contributed by atoms with Crippen LogP contribution in [0.25, 0.3) is 6.08 Å². The fraction of sp³-hybridized carbons (Fsp3) is 0. The number of anilines is 1. The number of rotatable bonds is 1. The van der Waals surface area contributed by atoms with Crippen molar-refractivity contribution in [1.29, 1.82) is 0 Å². The van der Waals surface area contributed by atoms with Gasteiger partial charge in [0.2, 0.25) is 0 Å². The molecule has 0 heterocycles. The summed E-state index contributed by atoms with van der Waals surface area (Å²) >= 11 is 11.6. The molecule has 0 atom stereocenters. The highest BCUT2D eigenvalue weighted by Gasteiger charge is 2.04. The molecule has 0 fully saturated rings. The zero-order chi connectivity index (χ0) is 8.43. The van der Waals surface area contributed by atoms with Gasteiger partial charge in [0.15, 0.2) is 0 Å². The van der Waals surface area contributed by atoms with E-state index in [-0.39, 0.29) is 0 Å². The number of hydrogen-bond acceptors (Lipinski definition) is 1. The zero-order valence-corrected chi connectivity index (χ0v) is 7.28. The minimum Gasteiger partial charge on any atom is -0.397 e. The standard InChI is InChI=1S/C8H7Cl2N/c1-2-5-3-4-6(11)8(10)7(5)9/h2-4H,1,11H2. The Kier molecular flexibility index (Phi) is 2.42. The lowest BCUT2D eigenvalue weighted by Crippen LogP contribution is -1.87. The highest BCUT2D eigenvalue weighted by atomic mass is 35.5. The van der Waals surface area contributed by atoms with Crippen molar-refractivity contribution in [2.45, 2.75) is 0 Å². The lowest BCUT2D eigenvalue weighted by Gasteiger charge is -2.02. The minimum atomic E-state index is 0.393. The van der Waals surface area contributed by atoms with E-state index in [4.69, 9.17) is 28.9 Å². The van der Waals surface area contributed by atoms with Gasteiger partial charge in [-0.15, -0.1) is 0 Å². The second-order valence-electron chi connectivity index (χ2n) is 2.08. The highest BCUT2D eigenvalue weighted by molar-refractivity contribution is 6.44. The fourth-order valence-electron chi connectivity index (χ4n) is 0.737. The van der Waals surface area contributed by atoms with E-state index in [0.717, 1.165) is 5.56 Å². The lowest BCUT2D eigenvalue weighted by molar-refractivity contribution is 1.64. The van der Waals surface area contributed by atoms with Crippen LogP contribution in [0.3, 0.4) is 0 Å². The van der Waals surface area contributed by atoms with Crippen LogP contribution in [0.4, 0.5) is 5.69 Å². The molecule has 0 saturated heterocycles. The first kappa shape index (κ1) is 8.44. The molecule has 58 valence electrons. The maximum atomic E-state index is 5.82. The van der Waals surface area contributed by atoms with Crippen molar-refractivity contribution in [1.82, 2.24) is 0 Å². The quantitative estimate of drug-likeness (QED) is 0.672. The smallest absolute Gasteiger partial charge is 0.0827 e. The molecule has 1 nitrogen and oxygen atoms in total. The third-order valence-corrected chi connectivity index (χ3v) is 2.27. The molecular formula is C8H7Cl2N. The lowest BCUT2D eigenvalue weighted by atomic mass is 10.2. The largest absolute Gasteiger partial charge is 0.397 e. The Bertz CT molecular complexity index is 294. The van der Waals surface area contributed by atoms with E-state index < -0.39 is 0 Å². The molecular weight excluding hydrogens is 181 g/mol. The molecule has 0 aliphatic rings. The van der Waals surface area contributed by atoms with Crippen molar-refractivity contribution in [2.75, 3.05) is 5.73 Å². The summed E-state index contributed by atoms with van der Waals surface area (Å²) in [5.74, 6) is 0. The Hall–Kier alpha value is -0.660. The van der Waals surface area contributed by atoms with Crippen molar-refractivity contribution in [3.63, 3.8) is 0 Å². The van der Waals surface area contributed by atoms with Gasteiger partial charge in [-0.1, -0.05) is 41.9 Å². The predicted molar refractivity (Wildman–Crippen MR) is 51.0 cm³/mol. The molecule has 1 aromatic carbocycles. The molecule has 1 rings (SSSR count). The van der Waals surface area contributed by atoms with Crippen LogP contribution in [0.1, 0.15) is 5.56 Å². The fourth-order valence-corrected chi connectivity index (χ4v) is 1.16. The van der Waals surface area contributed by atoms with E-state index in [0.29, 0.717) is 15.7 Å². The second-order valence-corrected chi connectivity index (χ2v) is 2.83. The van der Waals surface area contributed by atoms with Crippen LogP contribution in [-0.4, -0.2) is 0 Å². The molecule has 0 aliphatic carbocycles. The first-order valence-electron chi connectivity index (χ1n) is 3.02. The summed E-state index contributed by atoms with van der Waals surface area (Å²) < 4.78 is 0. The summed E-state index contributed by atoms with van der Waals surface area (Å²) in [5, 5.41) is 0.853. The van der Waals surface area contributed by atoms with Gasteiger partial charge in [0.25, 0.3) is 0 Å². The maximum absolute atomic E-state index is 5.82. The van der Waals surface area contributed by atoms with Crippen LogP contribution in [0.5, 0.6) is 0 Å². The van der Waals surface area contributed by atoms with Gasteiger partial charge in [-0.3, -0.25) is 0 Å². The molecule has 0 saturated carbocycles. The third-order valence-electron chi connectivity index (χ3n) is 1.36. The minimum absolute atomic E-state index is 0.393.